The maximum Gasteiger partial charge on any atom is 0.0249 e. The minimum absolute atomic E-state index is 0.704. The van der Waals surface area contributed by atoms with E-state index in [0.717, 1.165) is 17.9 Å². The number of nitrogens with one attached hydrogen (secondary N) is 1. The van der Waals surface area contributed by atoms with E-state index in [1.54, 1.807) is 0 Å². The van der Waals surface area contributed by atoms with Gasteiger partial charge in [-0.05, 0) is 31.2 Å². The van der Waals surface area contributed by atoms with Crippen molar-refractivity contribution in [2.24, 2.45) is 11.8 Å². The fourth-order valence-corrected chi connectivity index (χ4v) is 3.65. The van der Waals surface area contributed by atoms with Crippen LogP contribution in [0.25, 0.3) is 0 Å². The van der Waals surface area contributed by atoms with Crippen molar-refractivity contribution in [2.75, 3.05) is 19.6 Å². The van der Waals surface area contributed by atoms with Gasteiger partial charge in [0.2, 0.25) is 0 Å². The number of nitrogens with zero attached hydrogens (tertiary/aromatic N) is 1. The number of piperazine rings is 1. The van der Waals surface area contributed by atoms with E-state index in [-0.39, 0.29) is 0 Å². The summed E-state index contributed by atoms with van der Waals surface area (Å²) in [5, 5.41) is 3.79. The fourth-order valence-electron chi connectivity index (χ4n) is 3.65. The zero-order valence-electron chi connectivity index (χ0n) is 11.9. The first-order valence-electron chi connectivity index (χ1n) is 7.69. The van der Waals surface area contributed by atoms with Gasteiger partial charge >= 0.3 is 0 Å². The first kappa shape index (κ1) is 13.4. The van der Waals surface area contributed by atoms with Crippen LogP contribution in [0.3, 0.4) is 0 Å². The van der Waals surface area contributed by atoms with Crippen LogP contribution in [0.4, 0.5) is 0 Å². The molecule has 2 atom stereocenters. The second-order valence-electron chi connectivity index (χ2n) is 6.31. The van der Waals surface area contributed by atoms with E-state index in [2.05, 4.69) is 31.0 Å². The van der Waals surface area contributed by atoms with Crippen molar-refractivity contribution < 1.29 is 0 Å². The van der Waals surface area contributed by atoms with Gasteiger partial charge in [0.05, 0.1) is 0 Å². The molecule has 0 spiro atoms. The van der Waals surface area contributed by atoms with Crippen LogP contribution in [-0.4, -0.2) is 36.6 Å². The van der Waals surface area contributed by atoms with Gasteiger partial charge in [-0.1, -0.05) is 40.0 Å². The fraction of sp³-hybridized carbons (Fsp3) is 1.00. The predicted molar refractivity (Wildman–Crippen MR) is 74.2 cm³/mol. The van der Waals surface area contributed by atoms with Gasteiger partial charge in [0.15, 0.2) is 0 Å². The minimum Gasteiger partial charge on any atom is -0.311 e. The van der Waals surface area contributed by atoms with Crippen molar-refractivity contribution in [1.82, 2.24) is 10.2 Å². The Hall–Kier alpha value is -0.0800. The Labute approximate surface area is 107 Å². The van der Waals surface area contributed by atoms with Gasteiger partial charge in [-0.25, -0.2) is 0 Å². The normalized spacial score (nSPS) is 33.2. The summed E-state index contributed by atoms with van der Waals surface area (Å²) in [6.07, 6.45) is 7.33. The largest absolute Gasteiger partial charge is 0.311 e. The smallest absolute Gasteiger partial charge is 0.0249 e. The van der Waals surface area contributed by atoms with E-state index < -0.39 is 0 Å². The number of hydrogen-bond acceptors (Lipinski definition) is 2. The predicted octanol–water partition coefficient (Wildman–Crippen LogP) is 2.89. The maximum atomic E-state index is 3.79. The van der Waals surface area contributed by atoms with E-state index >= 15 is 0 Å². The van der Waals surface area contributed by atoms with Crippen LogP contribution in [0.15, 0.2) is 0 Å². The Balaban J connectivity index is 1.93. The molecule has 0 amide bonds. The maximum absolute atomic E-state index is 3.79. The summed E-state index contributed by atoms with van der Waals surface area (Å²) < 4.78 is 0. The van der Waals surface area contributed by atoms with Crippen molar-refractivity contribution in [3.05, 3.63) is 0 Å². The zero-order chi connectivity index (χ0) is 12.3. The molecule has 2 rings (SSSR count). The topological polar surface area (TPSA) is 15.3 Å². The number of likely N-dealkylation sites (N-methyl/N-ethyl adjacent to an activating group) is 1. The number of hydrogen-bond donors (Lipinski definition) is 1. The van der Waals surface area contributed by atoms with E-state index in [4.69, 9.17) is 0 Å². The van der Waals surface area contributed by atoms with Crippen LogP contribution in [0.1, 0.15) is 52.9 Å². The molecule has 2 unspecified atom stereocenters. The van der Waals surface area contributed by atoms with E-state index in [1.165, 1.54) is 51.7 Å². The second-order valence-corrected chi connectivity index (χ2v) is 6.31. The monoisotopic (exact) mass is 238 g/mol. The lowest BCUT2D eigenvalue weighted by molar-refractivity contribution is 0.0662. The summed E-state index contributed by atoms with van der Waals surface area (Å²) >= 11 is 0. The highest BCUT2D eigenvalue weighted by Gasteiger charge is 2.33. The van der Waals surface area contributed by atoms with E-state index in [9.17, 15) is 0 Å². The second kappa shape index (κ2) is 6.19. The molecule has 1 aliphatic heterocycles. The summed E-state index contributed by atoms with van der Waals surface area (Å²) in [6.45, 7) is 10.7. The molecular weight excluding hydrogens is 208 g/mol. The molecule has 2 heteroatoms. The molecule has 1 saturated heterocycles. The summed E-state index contributed by atoms with van der Waals surface area (Å²) in [5.41, 5.74) is 0. The lowest BCUT2D eigenvalue weighted by Gasteiger charge is -2.45. The third-order valence-corrected chi connectivity index (χ3v) is 4.89. The van der Waals surface area contributed by atoms with Crippen LogP contribution in [0.2, 0.25) is 0 Å². The molecule has 0 aromatic carbocycles. The molecule has 2 fully saturated rings. The molecule has 1 N–H and O–H groups in total. The molecule has 17 heavy (non-hydrogen) atoms. The van der Waals surface area contributed by atoms with Gasteiger partial charge in [-0.3, -0.25) is 4.90 Å². The Kier molecular flexibility index (Phi) is 4.87. The van der Waals surface area contributed by atoms with E-state index in [0.29, 0.717) is 6.04 Å². The average molecular weight is 238 g/mol. The van der Waals surface area contributed by atoms with Crippen molar-refractivity contribution in [1.29, 1.82) is 0 Å². The molecule has 1 aliphatic carbocycles. The van der Waals surface area contributed by atoms with Crippen LogP contribution in [0, 0.1) is 11.8 Å². The van der Waals surface area contributed by atoms with Gasteiger partial charge in [-0.15, -0.1) is 0 Å². The van der Waals surface area contributed by atoms with Crippen molar-refractivity contribution in [3.63, 3.8) is 0 Å². The molecule has 1 heterocycles. The van der Waals surface area contributed by atoms with Crippen molar-refractivity contribution >= 4 is 0 Å². The standard InChI is InChI=1S/C15H30N2/c1-4-17-11-14(12(2)3)16-10-15(17)13-8-6-5-7-9-13/h12-16H,4-11H2,1-3H3. The van der Waals surface area contributed by atoms with Gasteiger partial charge in [0.25, 0.3) is 0 Å². The Morgan fingerprint density at radius 2 is 1.88 bits per heavy atom. The van der Waals surface area contributed by atoms with Crippen LogP contribution in [-0.2, 0) is 0 Å². The molecule has 1 saturated carbocycles. The molecule has 0 aromatic heterocycles. The molecule has 0 bridgehead atoms. The van der Waals surface area contributed by atoms with Gasteiger partial charge in [-0.2, -0.15) is 0 Å². The van der Waals surface area contributed by atoms with Crippen molar-refractivity contribution in [3.8, 4) is 0 Å². The first-order chi connectivity index (χ1) is 8.22. The van der Waals surface area contributed by atoms with Gasteiger partial charge in [0, 0.05) is 25.2 Å². The highest BCUT2D eigenvalue weighted by Crippen LogP contribution is 2.30. The summed E-state index contributed by atoms with van der Waals surface area (Å²) in [5.74, 6) is 1.72. The summed E-state index contributed by atoms with van der Waals surface area (Å²) in [7, 11) is 0. The SMILES string of the molecule is CCN1CC(C(C)C)NCC1C1CCCCC1. The average Bonchev–Trinajstić information content (AvgIpc) is 2.39. The summed E-state index contributed by atoms with van der Waals surface area (Å²) in [6, 6.07) is 1.52. The van der Waals surface area contributed by atoms with Gasteiger partial charge in [0.1, 0.15) is 0 Å². The quantitative estimate of drug-likeness (QED) is 0.813. The number of rotatable bonds is 3. The van der Waals surface area contributed by atoms with Crippen LogP contribution < -0.4 is 5.32 Å². The molecule has 0 radical (unpaired) electrons. The third kappa shape index (κ3) is 3.23. The van der Waals surface area contributed by atoms with E-state index in [1.807, 2.05) is 0 Å². The van der Waals surface area contributed by atoms with Crippen LogP contribution in [0.5, 0.6) is 0 Å². The molecule has 2 aliphatic rings. The molecular formula is C15H30N2. The minimum atomic E-state index is 0.704. The lowest BCUT2D eigenvalue weighted by Crippen LogP contribution is -2.60. The highest BCUT2D eigenvalue weighted by atomic mass is 15.2. The van der Waals surface area contributed by atoms with Gasteiger partial charge < -0.3 is 5.32 Å². The zero-order valence-corrected chi connectivity index (χ0v) is 11.9. The highest BCUT2D eigenvalue weighted by molar-refractivity contribution is 4.91. The Morgan fingerprint density at radius 3 is 2.47 bits per heavy atom. The lowest BCUT2D eigenvalue weighted by atomic mass is 9.81. The molecule has 0 aromatic rings. The van der Waals surface area contributed by atoms with Crippen molar-refractivity contribution in [2.45, 2.75) is 65.0 Å². The Bertz CT molecular complexity index is 221. The molecule has 2 nitrogen and oxygen atoms in total. The summed E-state index contributed by atoms with van der Waals surface area (Å²) in [4.78, 5) is 2.75. The third-order valence-electron chi connectivity index (χ3n) is 4.89. The first-order valence-corrected chi connectivity index (χ1v) is 7.69. The Morgan fingerprint density at radius 1 is 1.18 bits per heavy atom. The van der Waals surface area contributed by atoms with Crippen LogP contribution >= 0.6 is 0 Å². The molecule has 100 valence electrons.